The first-order valence-corrected chi connectivity index (χ1v) is 3.48. The topological polar surface area (TPSA) is 125 Å². The molecule has 0 aromatic carbocycles. The highest BCUT2D eigenvalue weighted by Gasteiger charge is 2.30. The third kappa shape index (κ3) is 1.88. The molecule has 0 aromatic rings. The molecule has 0 spiro atoms. The minimum Gasteiger partial charge on any atom is -0.481 e. The van der Waals surface area contributed by atoms with E-state index in [0.29, 0.717) is 0 Å². The SMILES string of the molecule is NC1=C(C(=O)O)C(CC(=O)O)NN1. The second-order valence-electron chi connectivity index (χ2n) is 2.55. The zero-order valence-corrected chi connectivity index (χ0v) is 6.57. The van der Waals surface area contributed by atoms with Crippen molar-refractivity contribution in [1.82, 2.24) is 10.9 Å². The van der Waals surface area contributed by atoms with E-state index in [1.165, 1.54) is 0 Å². The van der Waals surface area contributed by atoms with Gasteiger partial charge in [-0.3, -0.25) is 4.79 Å². The van der Waals surface area contributed by atoms with Crippen molar-refractivity contribution in [2.24, 2.45) is 5.73 Å². The molecule has 1 aliphatic heterocycles. The summed E-state index contributed by atoms with van der Waals surface area (Å²) in [5.41, 5.74) is 9.97. The van der Waals surface area contributed by atoms with E-state index < -0.39 is 18.0 Å². The Kier molecular flexibility index (Phi) is 2.38. The lowest BCUT2D eigenvalue weighted by atomic mass is 10.1. The summed E-state index contributed by atoms with van der Waals surface area (Å²) >= 11 is 0. The average Bonchev–Trinajstić information content (AvgIpc) is 2.30. The van der Waals surface area contributed by atoms with Gasteiger partial charge in [-0.1, -0.05) is 0 Å². The van der Waals surface area contributed by atoms with Crippen LogP contribution in [-0.2, 0) is 9.59 Å². The lowest BCUT2D eigenvalue weighted by molar-refractivity contribution is -0.137. The van der Waals surface area contributed by atoms with Crippen LogP contribution in [0.25, 0.3) is 0 Å². The molecule has 1 atom stereocenters. The predicted octanol–water partition coefficient (Wildman–Crippen LogP) is -1.81. The van der Waals surface area contributed by atoms with Gasteiger partial charge >= 0.3 is 11.9 Å². The van der Waals surface area contributed by atoms with Crippen molar-refractivity contribution < 1.29 is 19.8 Å². The van der Waals surface area contributed by atoms with E-state index in [9.17, 15) is 9.59 Å². The van der Waals surface area contributed by atoms with Gasteiger partial charge in [0.25, 0.3) is 0 Å². The summed E-state index contributed by atoms with van der Waals surface area (Å²) in [5.74, 6) is -2.35. The van der Waals surface area contributed by atoms with Crippen molar-refractivity contribution in [3.05, 3.63) is 11.4 Å². The van der Waals surface area contributed by atoms with E-state index in [1.54, 1.807) is 0 Å². The number of hydrogen-bond donors (Lipinski definition) is 5. The van der Waals surface area contributed by atoms with Crippen LogP contribution in [0.2, 0.25) is 0 Å². The van der Waals surface area contributed by atoms with Gasteiger partial charge in [0, 0.05) is 0 Å². The van der Waals surface area contributed by atoms with Gasteiger partial charge < -0.3 is 21.4 Å². The van der Waals surface area contributed by atoms with E-state index in [4.69, 9.17) is 15.9 Å². The van der Waals surface area contributed by atoms with Crippen LogP contribution < -0.4 is 16.6 Å². The number of carboxylic acids is 2. The van der Waals surface area contributed by atoms with Crippen molar-refractivity contribution in [2.45, 2.75) is 12.5 Å². The first-order valence-electron chi connectivity index (χ1n) is 3.48. The molecular formula is C6H9N3O4. The molecule has 7 heteroatoms. The third-order valence-corrected chi connectivity index (χ3v) is 1.63. The minimum atomic E-state index is -1.22. The van der Waals surface area contributed by atoms with E-state index in [1.807, 2.05) is 0 Å². The standard InChI is InChI=1S/C6H9N3O4/c7-5-4(6(12)13)2(8-9-5)1-3(10)11/h2,8-9H,1,7H2,(H,10,11)(H,12,13). The molecule has 13 heavy (non-hydrogen) atoms. The summed E-state index contributed by atoms with van der Waals surface area (Å²) in [5, 5.41) is 17.1. The minimum absolute atomic E-state index is 0.0428. The van der Waals surface area contributed by atoms with Crippen molar-refractivity contribution in [3.8, 4) is 0 Å². The highest BCUT2D eigenvalue weighted by molar-refractivity contribution is 5.90. The molecule has 1 rings (SSSR count). The van der Waals surface area contributed by atoms with E-state index in [0.717, 1.165) is 0 Å². The van der Waals surface area contributed by atoms with Crippen LogP contribution in [0.15, 0.2) is 11.4 Å². The molecule has 0 amide bonds. The number of hydrazine groups is 1. The zero-order chi connectivity index (χ0) is 10.0. The Hall–Kier alpha value is -1.76. The Labute approximate surface area is 73.2 Å². The zero-order valence-electron chi connectivity index (χ0n) is 6.57. The van der Waals surface area contributed by atoms with Gasteiger partial charge in [0.2, 0.25) is 0 Å². The second-order valence-corrected chi connectivity index (χ2v) is 2.55. The number of carbonyl (C=O) groups is 2. The van der Waals surface area contributed by atoms with Gasteiger partial charge in [-0.05, 0) is 0 Å². The van der Waals surface area contributed by atoms with Gasteiger partial charge in [-0.25, -0.2) is 10.2 Å². The first-order chi connectivity index (χ1) is 6.02. The molecule has 6 N–H and O–H groups in total. The summed E-state index contributed by atoms with van der Waals surface area (Å²) in [6.45, 7) is 0. The summed E-state index contributed by atoms with van der Waals surface area (Å²) in [4.78, 5) is 20.9. The Bertz CT molecular complexity index is 286. The Morgan fingerprint density at radius 1 is 1.46 bits per heavy atom. The first kappa shape index (κ1) is 9.33. The van der Waals surface area contributed by atoms with Crippen molar-refractivity contribution in [1.29, 1.82) is 0 Å². The molecule has 0 radical (unpaired) electrons. The maximum atomic E-state index is 10.6. The quantitative estimate of drug-likeness (QED) is 0.352. The van der Waals surface area contributed by atoms with Gasteiger partial charge in [-0.15, -0.1) is 0 Å². The fraction of sp³-hybridized carbons (Fsp3) is 0.333. The molecule has 7 nitrogen and oxygen atoms in total. The van der Waals surface area contributed by atoms with Crippen molar-refractivity contribution >= 4 is 11.9 Å². The van der Waals surface area contributed by atoms with E-state index in [-0.39, 0.29) is 17.8 Å². The highest BCUT2D eigenvalue weighted by atomic mass is 16.4. The van der Waals surface area contributed by atoms with E-state index >= 15 is 0 Å². The number of nitrogens with two attached hydrogens (primary N) is 1. The Morgan fingerprint density at radius 3 is 2.54 bits per heavy atom. The fourth-order valence-electron chi connectivity index (χ4n) is 1.08. The van der Waals surface area contributed by atoms with Crippen molar-refractivity contribution in [2.75, 3.05) is 0 Å². The molecule has 0 aliphatic carbocycles. The van der Waals surface area contributed by atoms with Crippen LogP contribution in [0.5, 0.6) is 0 Å². The normalized spacial score (nSPS) is 21.4. The van der Waals surface area contributed by atoms with Gasteiger partial charge in [0.05, 0.1) is 18.0 Å². The molecule has 0 bridgehead atoms. The smallest absolute Gasteiger partial charge is 0.336 e. The molecular weight excluding hydrogens is 178 g/mol. The number of carboxylic acid groups (broad SMARTS) is 2. The van der Waals surface area contributed by atoms with Crippen LogP contribution in [0.1, 0.15) is 6.42 Å². The highest BCUT2D eigenvalue weighted by Crippen LogP contribution is 2.12. The van der Waals surface area contributed by atoms with Crippen LogP contribution in [-0.4, -0.2) is 28.2 Å². The maximum Gasteiger partial charge on any atom is 0.336 e. The van der Waals surface area contributed by atoms with Crippen LogP contribution in [0.3, 0.4) is 0 Å². The largest absolute Gasteiger partial charge is 0.481 e. The summed E-state index contributed by atoms with van der Waals surface area (Å²) < 4.78 is 0. The summed E-state index contributed by atoms with van der Waals surface area (Å²) in [7, 11) is 0. The fourth-order valence-corrected chi connectivity index (χ4v) is 1.08. The molecule has 1 heterocycles. The summed E-state index contributed by atoms with van der Waals surface area (Å²) in [6.07, 6.45) is -0.324. The van der Waals surface area contributed by atoms with Crippen LogP contribution in [0.4, 0.5) is 0 Å². The maximum absolute atomic E-state index is 10.6. The Morgan fingerprint density at radius 2 is 2.08 bits per heavy atom. The van der Waals surface area contributed by atoms with Gasteiger partial charge in [-0.2, -0.15) is 0 Å². The monoisotopic (exact) mass is 187 g/mol. The molecule has 0 fully saturated rings. The van der Waals surface area contributed by atoms with Crippen LogP contribution >= 0.6 is 0 Å². The Balaban J connectivity index is 2.79. The molecule has 0 saturated heterocycles. The van der Waals surface area contributed by atoms with E-state index in [2.05, 4.69) is 10.9 Å². The predicted molar refractivity (Wildman–Crippen MR) is 41.2 cm³/mol. The molecule has 72 valence electrons. The number of aliphatic carboxylic acids is 2. The number of rotatable bonds is 3. The number of hydrogen-bond acceptors (Lipinski definition) is 5. The van der Waals surface area contributed by atoms with Gasteiger partial charge in [0.15, 0.2) is 0 Å². The molecule has 0 saturated carbocycles. The molecule has 1 unspecified atom stereocenters. The van der Waals surface area contributed by atoms with Gasteiger partial charge in [0.1, 0.15) is 5.82 Å². The lowest BCUT2D eigenvalue weighted by Crippen LogP contribution is -2.36. The average molecular weight is 187 g/mol. The van der Waals surface area contributed by atoms with Crippen molar-refractivity contribution in [3.63, 3.8) is 0 Å². The molecule has 1 aliphatic rings. The lowest BCUT2D eigenvalue weighted by Gasteiger charge is -2.07. The molecule has 0 aromatic heterocycles. The van der Waals surface area contributed by atoms with Crippen LogP contribution in [0, 0.1) is 0 Å². The second kappa shape index (κ2) is 3.31. The summed E-state index contributed by atoms with van der Waals surface area (Å²) in [6, 6.07) is -0.782. The number of nitrogens with one attached hydrogen (secondary N) is 2. The third-order valence-electron chi connectivity index (χ3n) is 1.63.